The fraction of sp³-hybridized carbons (Fsp3) is 0.226. The van der Waals surface area contributed by atoms with Crippen LogP contribution in [0.4, 0.5) is 45.5 Å². The maximum atomic E-state index is 4.43. The van der Waals surface area contributed by atoms with Crippen molar-refractivity contribution in [3.63, 3.8) is 0 Å². The van der Waals surface area contributed by atoms with Crippen LogP contribution >= 0.6 is 0 Å². The van der Waals surface area contributed by atoms with E-state index in [-0.39, 0.29) is 23.8 Å². The van der Waals surface area contributed by atoms with E-state index in [0.29, 0.717) is 6.04 Å². The molecule has 0 aromatic heterocycles. The van der Waals surface area contributed by atoms with Gasteiger partial charge in [-0.1, -0.05) is 173 Å². The van der Waals surface area contributed by atoms with Gasteiger partial charge in [0, 0.05) is 69.4 Å². The molecule has 334 valence electrons. The fourth-order valence-electron chi connectivity index (χ4n) is 11.5. The molecule has 1 aliphatic carbocycles. The van der Waals surface area contributed by atoms with Crippen LogP contribution in [0.5, 0.6) is 0 Å². The highest BCUT2D eigenvalue weighted by Gasteiger charge is 2.46. The van der Waals surface area contributed by atoms with Gasteiger partial charge in [0.2, 0.25) is 0 Å². The molecule has 5 heteroatoms. The molecule has 3 atom stereocenters. The summed E-state index contributed by atoms with van der Waals surface area (Å²) < 4.78 is 0. The first-order valence-corrected chi connectivity index (χ1v) is 24.5. The first kappa shape index (κ1) is 42.7. The van der Waals surface area contributed by atoms with Crippen LogP contribution in [0.25, 0.3) is 0 Å². The van der Waals surface area contributed by atoms with Gasteiger partial charge in [0.05, 0.1) is 12.3 Å². The van der Waals surface area contributed by atoms with E-state index in [1.165, 1.54) is 72.2 Å². The number of nitrogens with zero attached hydrogens (tertiary/aromatic N) is 4. The summed E-state index contributed by atoms with van der Waals surface area (Å²) in [5, 5.41) is 4.43. The predicted molar refractivity (Wildman–Crippen MR) is 280 cm³/mol. The Morgan fingerprint density at radius 1 is 0.433 bits per heavy atom. The summed E-state index contributed by atoms with van der Waals surface area (Å²) in [5.41, 5.74) is 14.3. The number of nitrogens with one attached hydrogen (secondary N) is 1. The minimum absolute atomic E-state index is 0.0203. The fourth-order valence-corrected chi connectivity index (χ4v) is 11.5. The zero-order chi connectivity index (χ0) is 45.2. The molecule has 0 radical (unpaired) electrons. The minimum Gasteiger partial charge on any atom is -0.325 e. The zero-order valence-electron chi connectivity index (χ0n) is 38.8. The SMILES string of the molecule is CC1(C)c2cc(N(c3ccccc3)c3ccccc3)ccc2N(C2CC(c3ccccc3)N(C3CCCCCC3)C(c3ccccc3)N2)c2ccc(N(c3ccccc3)c3ccccc3)cc21. The molecule has 1 saturated heterocycles. The second kappa shape index (κ2) is 18.8. The molecular weight excluding hydrogens is 815 g/mol. The Balaban J connectivity index is 1.12. The van der Waals surface area contributed by atoms with Crippen molar-refractivity contribution >= 4 is 45.5 Å². The topological polar surface area (TPSA) is 25.0 Å². The average Bonchev–Trinajstić information content (AvgIpc) is 3.68. The molecule has 11 rings (SSSR count). The molecule has 0 spiro atoms. The standard InChI is InChI=1S/C62H61N5/c1-62(2)55-43-53(64(48-29-17-7-18-30-48)49-31-19-8-20-32-49)39-41-57(55)67(58-42-40-54(44-56(58)62)65(50-33-21-9-22-34-50)51-35-23-10-24-36-51)60-45-59(46-25-11-5-12-26-46)66(52-37-15-3-4-16-38-52)61(63-60)47-27-13-6-14-28-47/h5-14,17-36,39-44,52,59-61,63H,3-4,15-16,37-38,45H2,1-2H3. The van der Waals surface area contributed by atoms with Gasteiger partial charge in [-0.05, 0) is 120 Å². The Morgan fingerprint density at radius 3 is 1.24 bits per heavy atom. The van der Waals surface area contributed by atoms with Crippen molar-refractivity contribution < 1.29 is 0 Å². The molecule has 0 bridgehead atoms. The van der Waals surface area contributed by atoms with E-state index < -0.39 is 0 Å². The number of hydrogen-bond donors (Lipinski definition) is 1. The van der Waals surface area contributed by atoms with Crippen LogP contribution < -0.4 is 20.0 Å². The van der Waals surface area contributed by atoms with Gasteiger partial charge < -0.3 is 14.7 Å². The number of anilines is 8. The second-order valence-electron chi connectivity index (χ2n) is 19.2. The summed E-state index contributed by atoms with van der Waals surface area (Å²) in [6.07, 6.45) is 8.59. The van der Waals surface area contributed by atoms with Gasteiger partial charge >= 0.3 is 0 Å². The van der Waals surface area contributed by atoms with Crippen LogP contribution in [-0.4, -0.2) is 17.1 Å². The summed E-state index contributed by atoms with van der Waals surface area (Å²) >= 11 is 0. The lowest BCUT2D eigenvalue weighted by atomic mass is 9.72. The molecule has 8 aromatic rings. The molecule has 3 unspecified atom stereocenters. The van der Waals surface area contributed by atoms with E-state index in [0.717, 1.165) is 40.5 Å². The smallest absolute Gasteiger partial charge is 0.0884 e. The van der Waals surface area contributed by atoms with Crippen molar-refractivity contribution in [1.82, 2.24) is 10.2 Å². The molecular formula is C62H61N5. The van der Waals surface area contributed by atoms with Crippen molar-refractivity contribution in [3.8, 4) is 0 Å². The second-order valence-corrected chi connectivity index (χ2v) is 19.2. The molecule has 67 heavy (non-hydrogen) atoms. The highest BCUT2D eigenvalue weighted by atomic mass is 15.4. The normalized spacial score (nSPS) is 19.4. The highest BCUT2D eigenvalue weighted by Crippen LogP contribution is 2.55. The lowest BCUT2D eigenvalue weighted by Crippen LogP contribution is -2.60. The van der Waals surface area contributed by atoms with E-state index in [9.17, 15) is 0 Å². The van der Waals surface area contributed by atoms with Gasteiger partial charge in [-0.25, -0.2) is 0 Å². The lowest BCUT2D eigenvalue weighted by Gasteiger charge is -2.54. The maximum absolute atomic E-state index is 4.43. The van der Waals surface area contributed by atoms with Crippen LogP contribution in [0.3, 0.4) is 0 Å². The van der Waals surface area contributed by atoms with E-state index in [1.54, 1.807) is 0 Å². The zero-order valence-corrected chi connectivity index (χ0v) is 38.8. The van der Waals surface area contributed by atoms with Gasteiger partial charge in [0.25, 0.3) is 0 Å². The summed E-state index contributed by atoms with van der Waals surface area (Å²) in [7, 11) is 0. The third-order valence-corrected chi connectivity index (χ3v) is 14.7. The van der Waals surface area contributed by atoms with Gasteiger partial charge in [0.15, 0.2) is 0 Å². The Bertz CT molecular complexity index is 2600. The molecule has 2 heterocycles. The number of fused-ring (bicyclic) bond motifs is 2. The van der Waals surface area contributed by atoms with Gasteiger partial charge in [-0.15, -0.1) is 0 Å². The van der Waals surface area contributed by atoms with E-state index in [2.05, 4.69) is 257 Å². The first-order chi connectivity index (χ1) is 33.0. The molecule has 1 saturated carbocycles. The van der Waals surface area contributed by atoms with Crippen molar-refractivity contribution in [2.75, 3.05) is 14.7 Å². The number of hydrogen-bond acceptors (Lipinski definition) is 5. The Labute approximate surface area is 398 Å². The summed E-state index contributed by atoms with van der Waals surface area (Å²) in [6.45, 7) is 4.86. The lowest BCUT2D eigenvalue weighted by molar-refractivity contribution is -0.000666. The Morgan fingerprint density at radius 2 is 0.821 bits per heavy atom. The first-order valence-electron chi connectivity index (χ1n) is 24.5. The maximum Gasteiger partial charge on any atom is 0.0884 e. The largest absolute Gasteiger partial charge is 0.325 e. The summed E-state index contributed by atoms with van der Waals surface area (Å²) in [6, 6.07) is 81.1. The van der Waals surface area contributed by atoms with Gasteiger partial charge in [-0.3, -0.25) is 10.2 Å². The Kier molecular flexibility index (Phi) is 12.0. The van der Waals surface area contributed by atoms with Crippen LogP contribution in [0.1, 0.15) is 93.3 Å². The average molecular weight is 876 g/mol. The van der Waals surface area contributed by atoms with Crippen molar-refractivity contribution in [2.45, 2.75) is 88.6 Å². The monoisotopic (exact) mass is 875 g/mol. The molecule has 2 aliphatic heterocycles. The van der Waals surface area contributed by atoms with Crippen molar-refractivity contribution in [3.05, 3.63) is 241 Å². The van der Waals surface area contributed by atoms with E-state index >= 15 is 0 Å². The molecule has 0 amide bonds. The van der Waals surface area contributed by atoms with Crippen LogP contribution in [0.2, 0.25) is 0 Å². The summed E-state index contributed by atoms with van der Waals surface area (Å²) in [4.78, 5) is 10.4. The molecule has 8 aromatic carbocycles. The third-order valence-electron chi connectivity index (χ3n) is 14.7. The van der Waals surface area contributed by atoms with Gasteiger partial charge in [0.1, 0.15) is 0 Å². The van der Waals surface area contributed by atoms with E-state index in [4.69, 9.17) is 0 Å². The van der Waals surface area contributed by atoms with Crippen molar-refractivity contribution in [1.29, 1.82) is 0 Å². The third kappa shape index (κ3) is 8.32. The molecule has 5 nitrogen and oxygen atoms in total. The van der Waals surface area contributed by atoms with E-state index in [1.807, 2.05) is 0 Å². The highest BCUT2D eigenvalue weighted by molar-refractivity contribution is 5.86. The number of rotatable bonds is 10. The van der Waals surface area contributed by atoms with Crippen LogP contribution in [-0.2, 0) is 5.41 Å². The quantitative estimate of drug-likeness (QED) is 0.138. The minimum atomic E-state index is -0.371. The number of benzene rings is 8. The van der Waals surface area contributed by atoms with Crippen molar-refractivity contribution in [2.24, 2.45) is 0 Å². The molecule has 2 fully saturated rings. The van der Waals surface area contributed by atoms with Gasteiger partial charge in [-0.2, -0.15) is 0 Å². The van der Waals surface area contributed by atoms with Crippen LogP contribution in [0, 0.1) is 0 Å². The van der Waals surface area contributed by atoms with Crippen LogP contribution in [0.15, 0.2) is 218 Å². The predicted octanol–water partition coefficient (Wildman–Crippen LogP) is 16.2. The molecule has 3 aliphatic rings. The Hall–Kier alpha value is -6.92. The molecule has 1 N–H and O–H groups in total. The summed E-state index contributed by atoms with van der Waals surface area (Å²) in [5.74, 6) is 0. The number of para-hydroxylation sites is 4.